The van der Waals surface area contributed by atoms with Gasteiger partial charge in [0.2, 0.25) is 9.84 Å². The minimum absolute atomic E-state index is 0.264. The van der Waals surface area contributed by atoms with E-state index in [1.807, 2.05) is 12.1 Å². The summed E-state index contributed by atoms with van der Waals surface area (Å²) in [6, 6.07) is 10.5. The highest BCUT2D eigenvalue weighted by Crippen LogP contribution is 2.47. The minimum atomic E-state index is -3.49. The molecule has 2 aromatic rings. The van der Waals surface area contributed by atoms with Crippen LogP contribution < -0.4 is 4.74 Å². The van der Waals surface area contributed by atoms with Crippen molar-refractivity contribution in [3.8, 4) is 16.9 Å². The van der Waals surface area contributed by atoms with Crippen LogP contribution in [0.5, 0.6) is 5.75 Å². The number of ether oxygens (including phenoxy) is 1. The Kier molecular flexibility index (Phi) is 2.50. The van der Waals surface area contributed by atoms with Gasteiger partial charge in [0.05, 0.1) is 12.0 Å². The van der Waals surface area contributed by atoms with Crippen LogP contribution >= 0.6 is 15.9 Å². The Labute approximate surface area is 113 Å². The number of sulfone groups is 1. The predicted octanol–water partition coefficient (Wildman–Crippen LogP) is 3.27. The van der Waals surface area contributed by atoms with E-state index in [4.69, 9.17) is 4.74 Å². The fourth-order valence-electron chi connectivity index (χ4n) is 2.22. The van der Waals surface area contributed by atoms with Gasteiger partial charge in [0.25, 0.3) is 0 Å². The maximum absolute atomic E-state index is 12.5. The third-order valence-corrected chi connectivity index (χ3v) is 5.36. The van der Waals surface area contributed by atoms with Gasteiger partial charge in [-0.2, -0.15) is 0 Å². The molecule has 1 aliphatic heterocycles. The van der Waals surface area contributed by atoms with Crippen molar-refractivity contribution in [3.63, 3.8) is 0 Å². The van der Waals surface area contributed by atoms with Crippen molar-refractivity contribution in [3.05, 3.63) is 40.9 Å². The summed E-state index contributed by atoms with van der Waals surface area (Å²) in [6.07, 6.45) is 0. The van der Waals surface area contributed by atoms with Gasteiger partial charge in [0.1, 0.15) is 10.6 Å². The molecule has 1 heterocycles. The van der Waals surface area contributed by atoms with Gasteiger partial charge < -0.3 is 4.74 Å². The molecule has 0 saturated carbocycles. The Balaban J connectivity index is 2.46. The van der Waals surface area contributed by atoms with Crippen molar-refractivity contribution in [1.82, 2.24) is 0 Å². The largest absolute Gasteiger partial charge is 0.495 e. The van der Waals surface area contributed by atoms with Crippen molar-refractivity contribution in [2.45, 2.75) is 9.79 Å². The van der Waals surface area contributed by atoms with Gasteiger partial charge in [-0.25, -0.2) is 8.42 Å². The summed E-state index contributed by atoms with van der Waals surface area (Å²) in [7, 11) is -2.01. The maximum atomic E-state index is 12.5. The highest BCUT2D eigenvalue weighted by atomic mass is 79.9. The van der Waals surface area contributed by atoms with E-state index >= 15 is 0 Å². The molecule has 0 aromatic heterocycles. The summed E-state index contributed by atoms with van der Waals surface area (Å²) in [6.45, 7) is 0. The van der Waals surface area contributed by atoms with Crippen LogP contribution in [0, 0.1) is 0 Å². The molecule has 0 aliphatic carbocycles. The lowest BCUT2D eigenvalue weighted by Gasteiger charge is -2.05. The van der Waals surface area contributed by atoms with Crippen LogP contribution in [0.4, 0.5) is 0 Å². The van der Waals surface area contributed by atoms with E-state index in [1.54, 1.807) is 24.3 Å². The zero-order valence-corrected chi connectivity index (χ0v) is 11.9. The number of halogens is 1. The Bertz CT molecular complexity index is 751. The van der Waals surface area contributed by atoms with Crippen molar-refractivity contribution >= 4 is 25.8 Å². The zero-order chi connectivity index (χ0) is 12.9. The van der Waals surface area contributed by atoms with E-state index in [-0.39, 0.29) is 4.90 Å². The molecule has 92 valence electrons. The van der Waals surface area contributed by atoms with Crippen molar-refractivity contribution in [1.29, 1.82) is 0 Å². The average molecular weight is 325 g/mol. The fourth-order valence-corrected chi connectivity index (χ4v) is 4.58. The molecule has 3 nitrogen and oxygen atoms in total. The Morgan fingerprint density at radius 1 is 1.11 bits per heavy atom. The zero-order valence-electron chi connectivity index (χ0n) is 9.48. The molecule has 0 bridgehead atoms. The molecular weight excluding hydrogens is 316 g/mol. The summed E-state index contributed by atoms with van der Waals surface area (Å²) < 4.78 is 30.9. The number of methoxy groups -OCH3 is 1. The molecule has 18 heavy (non-hydrogen) atoms. The summed E-state index contributed by atoms with van der Waals surface area (Å²) in [5, 5.41) is 0. The van der Waals surface area contributed by atoms with Crippen LogP contribution in [-0.2, 0) is 9.84 Å². The second-order valence-corrected chi connectivity index (χ2v) is 6.75. The van der Waals surface area contributed by atoms with Crippen LogP contribution in [0.15, 0.2) is 50.7 Å². The monoisotopic (exact) mass is 324 g/mol. The normalized spacial score (nSPS) is 15.0. The van der Waals surface area contributed by atoms with Gasteiger partial charge >= 0.3 is 0 Å². The van der Waals surface area contributed by atoms with Crippen LogP contribution in [-0.4, -0.2) is 15.5 Å². The van der Waals surface area contributed by atoms with Crippen LogP contribution in [0.2, 0.25) is 0 Å². The average Bonchev–Trinajstić information content (AvgIpc) is 2.59. The standard InChI is InChI=1S/C13H9BrO3S/c1-17-11-4-2-3-10-9-6-5-8(14)7-12(9)18(15,16)13(10)11/h2-7H,1H3. The van der Waals surface area contributed by atoms with Crippen LogP contribution in [0.3, 0.4) is 0 Å². The van der Waals surface area contributed by atoms with Crippen molar-refractivity contribution in [2.24, 2.45) is 0 Å². The predicted molar refractivity (Wildman–Crippen MR) is 71.6 cm³/mol. The quantitative estimate of drug-likeness (QED) is 0.690. The second kappa shape index (κ2) is 3.83. The lowest BCUT2D eigenvalue weighted by atomic mass is 10.1. The van der Waals surface area contributed by atoms with Crippen molar-refractivity contribution < 1.29 is 13.2 Å². The van der Waals surface area contributed by atoms with Gasteiger partial charge in [0, 0.05) is 15.6 Å². The maximum Gasteiger partial charge on any atom is 0.211 e. The van der Waals surface area contributed by atoms with Gasteiger partial charge in [0.15, 0.2) is 0 Å². The van der Waals surface area contributed by atoms with E-state index in [1.165, 1.54) is 7.11 Å². The Hall–Kier alpha value is -1.33. The number of benzene rings is 2. The first-order valence-corrected chi connectivity index (χ1v) is 7.55. The summed E-state index contributed by atoms with van der Waals surface area (Å²) in [5.74, 6) is 0.389. The lowest BCUT2D eigenvalue weighted by Crippen LogP contribution is -1.99. The molecule has 1 aliphatic rings. The SMILES string of the molecule is COc1cccc2c1S(=O)(=O)c1cc(Br)ccc1-2. The molecule has 0 saturated heterocycles. The smallest absolute Gasteiger partial charge is 0.211 e. The molecule has 0 radical (unpaired) electrons. The first-order chi connectivity index (χ1) is 8.55. The Morgan fingerprint density at radius 2 is 1.89 bits per heavy atom. The molecule has 0 N–H and O–H groups in total. The van der Waals surface area contributed by atoms with Crippen molar-refractivity contribution in [2.75, 3.05) is 7.11 Å². The highest BCUT2D eigenvalue weighted by molar-refractivity contribution is 9.10. The third-order valence-electron chi connectivity index (χ3n) is 2.99. The highest BCUT2D eigenvalue weighted by Gasteiger charge is 2.35. The van der Waals surface area contributed by atoms with Crippen LogP contribution in [0.1, 0.15) is 0 Å². The first kappa shape index (κ1) is 11.7. The molecule has 0 atom stereocenters. The molecular formula is C13H9BrO3S. The van der Waals surface area contributed by atoms with Gasteiger partial charge in [-0.1, -0.05) is 34.1 Å². The van der Waals surface area contributed by atoms with E-state index in [0.29, 0.717) is 16.2 Å². The minimum Gasteiger partial charge on any atom is -0.495 e. The number of hydrogen-bond donors (Lipinski definition) is 0. The fraction of sp³-hybridized carbons (Fsp3) is 0.0769. The van der Waals surface area contributed by atoms with Gasteiger partial charge in [-0.15, -0.1) is 0 Å². The summed E-state index contributed by atoms with van der Waals surface area (Å²) >= 11 is 3.30. The molecule has 0 fully saturated rings. The molecule has 3 rings (SSSR count). The third kappa shape index (κ3) is 1.44. The first-order valence-electron chi connectivity index (χ1n) is 5.27. The molecule has 0 amide bonds. The number of fused-ring (bicyclic) bond motifs is 3. The van der Waals surface area contributed by atoms with E-state index in [0.717, 1.165) is 10.0 Å². The molecule has 0 unspecified atom stereocenters. The van der Waals surface area contributed by atoms with Gasteiger partial charge in [-0.05, 0) is 18.2 Å². The molecule has 0 spiro atoms. The summed E-state index contributed by atoms with van der Waals surface area (Å²) in [5.41, 5.74) is 1.43. The van der Waals surface area contributed by atoms with E-state index in [2.05, 4.69) is 15.9 Å². The number of rotatable bonds is 1. The molecule has 5 heteroatoms. The lowest BCUT2D eigenvalue weighted by molar-refractivity contribution is 0.403. The number of hydrogen-bond acceptors (Lipinski definition) is 3. The summed E-state index contributed by atoms with van der Waals surface area (Å²) in [4.78, 5) is 0.594. The van der Waals surface area contributed by atoms with Gasteiger partial charge in [-0.3, -0.25) is 0 Å². The topological polar surface area (TPSA) is 43.4 Å². The van der Waals surface area contributed by atoms with Crippen LogP contribution in [0.25, 0.3) is 11.1 Å². The molecule has 2 aromatic carbocycles. The van der Waals surface area contributed by atoms with E-state index < -0.39 is 9.84 Å². The Morgan fingerprint density at radius 3 is 2.61 bits per heavy atom. The second-order valence-electron chi connectivity index (χ2n) is 3.98. The van der Waals surface area contributed by atoms with E-state index in [9.17, 15) is 8.42 Å².